The Bertz CT molecular complexity index is 1460. The van der Waals surface area contributed by atoms with Gasteiger partial charge in [-0.15, -0.1) is 4.40 Å². The Balaban J connectivity index is 1.27. The van der Waals surface area contributed by atoms with Crippen LogP contribution in [0.4, 0.5) is 10.1 Å². The van der Waals surface area contributed by atoms with Gasteiger partial charge in [-0.25, -0.2) is 4.39 Å². The van der Waals surface area contributed by atoms with E-state index in [2.05, 4.69) is 14.1 Å². The highest BCUT2D eigenvalue weighted by molar-refractivity contribution is 7.91. The van der Waals surface area contributed by atoms with E-state index < -0.39 is 10.2 Å². The quantitative estimate of drug-likeness (QED) is 0.544. The molecule has 1 fully saturated rings. The molecule has 9 nitrogen and oxygen atoms in total. The maximum atomic E-state index is 13.6. The molecule has 3 aromatic rings. The number of likely N-dealkylation sites (tertiary alicyclic amines) is 1. The molecule has 3 N–H and O–H groups in total. The van der Waals surface area contributed by atoms with Gasteiger partial charge in [0, 0.05) is 36.3 Å². The lowest BCUT2D eigenvalue weighted by Crippen LogP contribution is -2.41. The van der Waals surface area contributed by atoms with Crippen LogP contribution in [0.15, 0.2) is 65.2 Å². The highest BCUT2D eigenvalue weighted by atomic mass is 32.2. The van der Waals surface area contributed by atoms with Crippen LogP contribution in [0, 0.1) is 11.7 Å². The summed E-state index contributed by atoms with van der Waals surface area (Å²) in [6, 6.07) is 14.4. The number of halogens is 1. The summed E-state index contributed by atoms with van der Waals surface area (Å²) >= 11 is 0. The maximum absolute atomic E-state index is 13.6. The van der Waals surface area contributed by atoms with Gasteiger partial charge in [-0.05, 0) is 49.2 Å². The zero-order chi connectivity index (χ0) is 25.3. The number of hydrogen-bond acceptors (Lipinski definition) is 6. The van der Waals surface area contributed by atoms with Gasteiger partial charge >= 0.3 is 10.2 Å². The Morgan fingerprint density at radius 2 is 2.03 bits per heavy atom. The summed E-state index contributed by atoms with van der Waals surface area (Å²) in [5.41, 5.74) is 8.22. The molecular weight excluding hydrogens is 485 g/mol. The van der Waals surface area contributed by atoms with Crippen molar-refractivity contribution in [2.45, 2.75) is 12.8 Å². The van der Waals surface area contributed by atoms with Crippen LogP contribution in [0.2, 0.25) is 0 Å². The standard InChI is InChI=1S/C25H24FN5O4S/c26-19-6-1-5-17(12-19)21-13-18(9-10-28-21)25(32)31-11-3-4-16(14-31)15-35-22-8-2-7-20-23(22)24(27)30-36(33,34)29-20/h1-2,5-10,12-13,16,29H,3-4,11,14-15H2,(H2,27,30). The largest absolute Gasteiger partial charge is 0.492 e. The fraction of sp³-hybridized carbons (Fsp3) is 0.240. The van der Waals surface area contributed by atoms with Crippen LogP contribution in [0.5, 0.6) is 5.75 Å². The van der Waals surface area contributed by atoms with E-state index in [1.54, 1.807) is 53.6 Å². The number of nitrogens with zero attached hydrogens (tertiary/aromatic N) is 3. The van der Waals surface area contributed by atoms with Gasteiger partial charge in [0.2, 0.25) is 0 Å². The Labute approximate surface area is 208 Å². The van der Waals surface area contributed by atoms with Crippen LogP contribution >= 0.6 is 0 Å². The van der Waals surface area contributed by atoms with Gasteiger partial charge in [-0.1, -0.05) is 18.2 Å². The molecule has 1 saturated heterocycles. The molecule has 1 aromatic heterocycles. The Kier molecular flexibility index (Phi) is 6.31. The molecular formula is C25H24FN5O4S. The third kappa shape index (κ3) is 5.01. The average molecular weight is 510 g/mol. The van der Waals surface area contributed by atoms with E-state index in [1.807, 2.05) is 0 Å². The molecule has 1 amide bonds. The van der Waals surface area contributed by atoms with Gasteiger partial charge in [0.15, 0.2) is 5.84 Å². The minimum Gasteiger partial charge on any atom is -0.492 e. The molecule has 3 heterocycles. The lowest BCUT2D eigenvalue weighted by Gasteiger charge is -2.33. The lowest BCUT2D eigenvalue weighted by atomic mass is 9.98. The molecule has 0 saturated carbocycles. The van der Waals surface area contributed by atoms with Gasteiger partial charge in [0.25, 0.3) is 5.91 Å². The second kappa shape index (κ2) is 9.57. The van der Waals surface area contributed by atoms with E-state index in [-0.39, 0.29) is 23.5 Å². The number of fused-ring (bicyclic) bond motifs is 1. The number of benzene rings is 2. The summed E-state index contributed by atoms with van der Waals surface area (Å²) < 4.78 is 49.1. The first-order chi connectivity index (χ1) is 17.3. The van der Waals surface area contributed by atoms with Crippen molar-refractivity contribution < 1.29 is 22.3 Å². The number of piperidine rings is 1. The minimum absolute atomic E-state index is 0.0709. The van der Waals surface area contributed by atoms with E-state index in [1.165, 1.54) is 12.1 Å². The number of rotatable bonds is 5. The molecule has 0 radical (unpaired) electrons. The number of nitrogens with one attached hydrogen (secondary N) is 1. The highest BCUT2D eigenvalue weighted by Gasteiger charge is 2.27. The van der Waals surface area contributed by atoms with E-state index in [0.717, 1.165) is 12.8 Å². The smallest absolute Gasteiger partial charge is 0.344 e. The molecule has 1 atom stereocenters. The highest BCUT2D eigenvalue weighted by Crippen LogP contribution is 2.31. The fourth-order valence-corrected chi connectivity index (χ4v) is 5.33. The number of anilines is 1. The van der Waals surface area contributed by atoms with Crippen molar-refractivity contribution in [1.29, 1.82) is 0 Å². The van der Waals surface area contributed by atoms with E-state index in [0.29, 0.717) is 53.5 Å². The Hall–Kier alpha value is -3.99. The number of amides is 1. The van der Waals surface area contributed by atoms with Crippen molar-refractivity contribution in [2.24, 2.45) is 16.0 Å². The predicted molar refractivity (Wildman–Crippen MR) is 133 cm³/mol. The zero-order valence-electron chi connectivity index (χ0n) is 19.2. The molecule has 5 rings (SSSR count). The number of amidine groups is 1. The van der Waals surface area contributed by atoms with Gasteiger partial charge in [-0.2, -0.15) is 8.42 Å². The molecule has 11 heteroatoms. The van der Waals surface area contributed by atoms with Gasteiger partial charge in [0.05, 0.1) is 23.6 Å². The number of aromatic nitrogens is 1. The summed E-state index contributed by atoms with van der Waals surface area (Å²) in [6.07, 6.45) is 3.24. The second-order valence-electron chi connectivity index (χ2n) is 8.74. The van der Waals surface area contributed by atoms with Crippen molar-refractivity contribution in [3.8, 4) is 17.0 Å². The van der Waals surface area contributed by atoms with Gasteiger partial charge in [0.1, 0.15) is 11.6 Å². The van der Waals surface area contributed by atoms with Crippen molar-refractivity contribution in [2.75, 3.05) is 24.4 Å². The SMILES string of the molecule is NC1=NS(=O)(=O)Nc2cccc(OCC3CCCN(C(=O)c4ccnc(-c5cccc(F)c5)c4)C3)c21. The molecule has 2 aromatic carbocycles. The van der Waals surface area contributed by atoms with Crippen LogP contribution < -0.4 is 15.2 Å². The summed E-state index contributed by atoms with van der Waals surface area (Å²) in [7, 11) is -3.87. The first kappa shape index (κ1) is 23.7. The number of hydrogen-bond donors (Lipinski definition) is 2. The van der Waals surface area contributed by atoms with Crippen LogP contribution in [0.25, 0.3) is 11.3 Å². The third-order valence-electron chi connectivity index (χ3n) is 6.15. The summed E-state index contributed by atoms with van der Waals surface area (Å²) in [6.45, 7) is 1.45. The normalized spacial score (nSPS) is 18.5. The monoisotopic (exact) mass is 509 g/mol. The van der Waals surface area contributed by atoms with E-state index >= 15 is 0 Å². The zero-order valence-corrected chi connectivity index (χ0v) is 20.0. The van der Waals surface area contributed by atoms with Crippen molar-refractivity contribution in [1.82, 2.24) is 9.88 Å². The summed E-state index contributed by atoms with van der Waals surface area (Å²) in [5.74, 6) is -0.126. The van der Waals surface area contributed by atoms with Gasteiger partial charge in [-0.3, -0.25) is 14.5 Å². The average Bonchev–Trinajstić information content (AvgIpc) is 2.86. The van der Waals surface area contributed by atoms with Crippen molar-refractivity contribution >= 4 is 27.6 Å². The third-order valence-corrected chi connectivity index (χ3v) is 7.06. The second-order valence-corrected chi connectivity index (χ2v) is 10.1. The Morgan fingerprint density at radius 1 is 1.19 bits per heavy atom. The van der Waals surface area contributed by atoms with E-state index in [4.69, 9.17) is 10.5 Å². The number of carbonyl (C=O) groups is 1. The fourth-order valence-electron chi connectivity index (χ4n) is 4.48. The first-order valence-corrected chi connectivity index (χ1v) is 12.9. The molecule has 0 aliphatic carbocycles. The van der Waals surface area contributed by atoms with Crippen LogP contribution in [0.1, 0.15) is 28.8 Å². The minimum atomic E-state index is -3.87. The molecule has 2 aliphatic heterocycles. The summed E-state index contributed by atoms with van der Waals surface area (Å²) in [4.78, 5) is 19.3. The predicted octanol–water partition coefficient (Wildman–Crippen LogP) is 3.19. The van der Waals surface area contributed by atoms with Crippen molar-refractivity contribution in [3.05, 3.63) is 77.7 Å². The molecule has 2 aliphatic rings. The Morgan fingerprint density at radius 3 is 2.86 bits per heavy atom. The molecule has 36 heavy (non-hydrogen) atoms. The van der Waals surface area contributed by atoms with Crippen LogP contribution in [-0.2, 0) is 10.2 Å². The molecule has 186 valence electrons. The number of carbonyl (C=O) groups excluding carboxylic acids is 1. The number of pyridine rings is 1. The van der Waals surface area contributed by atoms with Gasteiger partial charge < -0.3 is 15.4 Å². The maximum Gasteiger partial charge on any atom is 0.344 e. The molecule has 1 unspecified atom stereocenters. The molecule has 0 bridgehead atoms. The number of nitrogens with two attached hydrogens (primary N) is 1. The van der Waals surface area contributed by atoms with E-state index in [9.17, 15) is 17.6 Å². The van der Waals surface area contributed by atoms with Crippen LogP contribution in [0.3, 0.4) is 0 Å². The topological polar surface area (TPSA) is 127 Å². The number of ether oxygens (including phenoxy) is 1. The van der Waals surface area contributed by atoms with Crippen LogP contribution in [-0.4, -0.2) is 49.7 Å². The first-order valence-electron chi connectivity index (χ1n) is 11.4. The summed E-state index contributed by atoms with van der Waals surface area (Å²) in [5, 5.41) is 0. The molecule has 0 spiro atoms. The van der Waals surface area contributed by atoms with Crippen molar-refractivity contribution in [3.63, 3.8) is 0 Å². The lowest BCUT2D eigenvalue weighted by molar-refractivity contribution is 0.0633.